The first-order valence-corrected chi connectivity index (χ1v) is 7.12. The summed E-state index contributed by atoms with van der Waals surface area (Å²) < 4.78 is 8.83. The maximum atomic E-state index is 11.8. The Kier molecular flexibility index (Phi) is 8.04. The van der Waals surface area contributed by atoms with E-state index in [1.165, 1.54) is 0 Å². The van der Waals surface area contributed by atoms with Crippen LogP contribution in [-0.2, 0) is 14.3 Å². The number of aliphatic hydroxyl groups excluding tert-OH is 10. The number of rotatable bonds is 7. The van der Waals surface area contributed by atoms with Crippen molar-refractivity contribution in [2.24, 2.45) is 0 Å². The van der Waals surface area contributed by atoms with Gasteiger partial charge in [-0.1, -0.05) is 0 Å². The number of hydrogen-bond donors (Lipinski definition) is 10. The van der Waals surface area contributed by atoms with E-state index >= 15 is 0 Å². The van der Waals surface area contributed by atoms with Crippen molar-refractivity contribution in [3.05, 3.63) is 0 Å². The maximum absolute atomic E-state index is 11.8. The van der Waals surface area contributed by atoms with Crippen molar-refractivity contribution in [3.8, 4) is 0 Å². The number of carbonyl (C=O) groups is 1. The third-order valence-electron chi connectivity index (χ3n) is 3.63. The predicted octanol–water partition coefficient (Wildman–Crippen LogP) is -6.92. The van der Waals surface area contributed by atoms with E-state index < -0.39 is 74.0 Å². The Morgan fingerprint density at radius 2 is 1.44 bits per heavy atom. The van der Waals surface area contributed by atoms with Gasteiger partial charge in [0, 0.05) is 0 Å². The molecule has 25 heavy (non-hydrogen) atoms. The maximum Gasteiger partial charge on any atom is 0.340 e. The van der Waals surface area contributed by atoms with E-state index in [9.17, 15) is 45.6 Å². The number of carbonyl (C=O) groups excluding carboxylic acids is 1. The second kappa shape index (κ2) is 9.11. The largest absolute Gasteiger partial charge is 0.431 e. The van der Waals surface area contributed by atoms with E-state index in [-0.39, 0.29) is 0 Å². The summed E-state index contributed by atoms with van der Waals surface area (Å²) >= 11 is 0. The van der Waals surface area contributed by atoms with Crippen LogP contribution in [0.15, 0.2) is 0 Å². The number of aliphatic hydroxyl groups is 10. The van der Waals surface area contributed by atoms with E-state index in [1.54, 1.807) is 0 Å². The average Bonchev–Trinajstić information content (AvgIpc) is 2.59. The number of esters is 1. The zero-order valence-electron chi connectivity index (χ0n) is 12.7. The molecular formula is C12H22O13. The fourth-order valence-corrected chi connectivity index (χ4v) is 2.02. The molecule has 0 aliphatic carbocycles. The molecule has 10 N–H and O–H groups in total. The summed E-state index contributed by atoms with van der Waals surface area (Å²) in [7, 11) is 0. The van der Waals surface area contributed by atoms with Crippen molar-refractivity contribution in [2.75, 3.05) is 6.61 Å². The van der Waals surface area contributed by atoms with Crippen LogP contribution >= 0.6 is 0 Å². The lowest BCUT2D eigenvalue weighted by molar-refractivity contribution is -0.288. The molecule has 13 heteroatoms. The lowest BCUT2D eigenvalue weighted by Gasteiger charge is -2.37. The Morgan fingerprint density at radius 3 is 1.96 bits per heavy atom. The monoisotopic (exact) mass is 374 g/mol. The van der Waals surface area contributed by atoms with Crippen molar-refractivity contribution in [2.45, 2.75) is 61.4 Å². The van der Waals surface area contributed by atoms with Crippen molar-refractivity contribution < 1.29 is 65.3 Å². The van der Waals surface area contributed by atoms with Crippen LogP contribution in [0.5, 0.6) is 0 Å². The predicted molar refractivity (Wildman–Crippen MR) is 72.1 cm³/mol. The third kappa shape index (κ3) is 5.02. The molecule has 148 valence electrons. The quantitative estimate of drug-likeness (QED) is 0.147. The lowest BCUT2D eigenvalue weighted by atomic mass is 9.99. The molecule has 0 spiro atoms. The second-order valence-corrected chi connectivity index (χ2v) is 5.47. The Balaban J connectivity index is 2.69. The molecule has 1 heterocycles. The molecule has 13 nitrogen and oxygen atoms in total. The summed E-state index contributed by atoms with van der Waals surface area (Å²) in [6, 6.07) is 0. The van der Waals surface area contributed by atoms with Crippen molar-refractivity contribution in [1.82, 2.24) is 0 Å². The van der Waals surface area contributed by atoms with Crippen LogP contribution in [-0.4, -0.2) is 125 Å². The summed E-state index contributed by atoms with van der Waals surface area (Å²) in [4.78, 5) is 11.8. The van der Waals surface area contributed by atoms with Crippen LogP contribution in [0, 0.1) is 0 Å². The molecule has 1 saturated heterocycles. The molecule has 6 unspecified atom stereocenters. The Labute approximate surface area is 140 Å². The normalized spacial score (nSPS) is 36.2. The van der Waals surface area contributed by atoms with Gasteiger partial charge in [-0.25, -0.2) is 4.79 Å². The molecule has 0 aromatic carbocycles. The van der Waals surface area contributed by atoms with Gasteiger partial charge in [0.15, 0.2) is 12.4 Å². The first-order chi connectivity index (χ1) is 11.5. The molecule has 10 atom stereocenters. The zero-order valence-corrected chi connectivity index (χ0v) is 12.7. The topological polar surface area (TPSA) is 238 Å². The highest BCUT2D eigenvalue weighted by Gasteiger charge is 2.48. The van der Waals surface area contributed by atoms with Gasteiger partial charge in [-0.3, -0.25) is 0 Å². The molecule has 1 aliphatic rings. The van der Waals surface area contributed by atoms with Gasteiger partial charge >= 0.3 is 5.97 Å². The minimum atomic E-state index is -2.47. The highest BCUT2D eigenvalue weighted by molar-refractivity contribution is 5.76. The van der Waals surface area contributed by atoms with Gasteiger partial charge < -0.3 is 60.5 Å². The van der Waals surface area contributed by atoms with E-state index in [4.69, 9.17) is 10.2 Å². The Hall–Kier alpha value is -0.970. The highest BCUT2D eigenvalue weighted by Crippen LogP contribution is 2.21. The molecular weight excluding hydrogens is 352 g/mol. The highest BCUT2D eigenvalue weighted by atomic mass is 16.7. The fourth-order valence-electron chi connectivity index (χ4n) is 2.02. The van der Waals surface area contributed by atoms with Crippen LogP contribution in [0.2, 0.25) is 0 Å². The zero-order chi connectivity index (χ0) is 19.5. The van der Waals surface area contributed by atoms with E-state index in [2.05, 4.69) is 9.47 Å². The molecule has 1 rings (SSSR count). The fraction of sp³-hybridized carbons (Fsp3) is 0.917. The summed E-state index contributed by atoms with van der Waals surface area (Å²) in [6.07, 6.45) is -21.0. The average molecular weight is 374 g/mol. The van der Waals surface area contributed by atoms with Crippen molar-refractivity contribution in [3.63, 3.8) is 0 Å². The van der Waals surface area contributed by atoms with Crippen LogP contribution in [0.1, 0.15) is 0 Å². The molecule has 1 fully saturated rings. The summed E-state index contributed by atoms with van der Waals surface area (Å²) in [5.74, 6) is -1.58. The minimum Gasteiger partial charge on any atom is -0.431 e. The van der Waals surface area contributed by atoms with Gasteiger partial charge in [0.2, 0.25) is 6.29 Å². The van der Waals surface area contributed by atoms with Gasteiger partial charge in [0.1, 0.15) is 42.7 Å². The van der Waals surface area contributed by atoms with Gasteiger partial charge in [0.25, 0.3) is 0 Å². The molecule has 1 aliphatic heterocycles. The lowest BCUT2D eigenvalue weighted by Crippen LogP contribution is -2.60. The van der Waals surface area contributed by atoms with Crippen LogP contribution in [0.3, 0.4) is 0 Å². The Bertz CT molecular complexity index is 433. The standard InChI is InChI=1S/C12H22O13/c13-1-2(14)3(15)4(16)7(19)11(22)25-12(23)9-6(18)5(17)8(20)10(21)24-9/h2-11,13-22H,1H2/t2-,3-,4-,5?,6?,7-,8?,9?,10?,11?/m1/s1. The van der Waals surface area contributed by atoms with Crippen molar-refractivity contribution in [1.29, 1.82) is 0 Å². The molecule has 0 amide bonds. The minimum absolute atomic E-state index is 0.971. The molecule has 0 radical (unpaired) electrons. The first-order valence-electron chi connectivity index (χ1n) is 7.12. The summed E-state index contributed by atoms with van der Waals surface area (Å²) in [6.45, 7) is -0.971. The second-order valence-electron chi connectivity index (χ2n) is 5.47. The number of hydrogen-bond acceptors (Lipinski definition) is 13. The van der Waals surface area contributed by atoms with E-state index in [0.717, 1.165) is 0 Å². The molecule has 0 saturated carbocycles. The summed E-state index contributed by atoms with van der Waals surface area (Å²) in [5, 5.41) is 93.4. The van der Waals surface area contributed by atoms with Crippen molar-refractivity contribution >= 4 is 5.97 Å². The molecule has 0 bridgehead atoms. The smallest absolute Gasteiger partial charge is 0.340 e. The first kappa shape index (κ1) is 22.1. The van der Waals surface area contributed by atoms with E-state index in [1.807, 2.05) is 0 Å². The number of ether oxygens (including phenoxy) is 2. The van der Waals surface area contributed by atoms with Gasteiger partial charge in [-0.2, -0.15) is 0 Å². The van der Waals surface area contributed by atoms with Crippen LogP contribution < -0.4 is 0 Å². The van der Waals surface area contributed by atoms with Gasteiger partial charge in [0.05, 0.1) is 6.61 Å². The SMILES string of the molecule is O=C(OC(O)[C@H](O)[C@H](O)[C@H](O)[C@H](O)CO)C1OC(O)C(O)C(O)C1O. The Morgan fingerprint density at radius 1 is 0.880 bits per heavy atom. The van der Waals surface area contributed by atoms with Gasteiger partial charge in [-0.15, -0.1) is 0 Å². The summed E-state index contributed by atoms with van der Waals surface area (Å²) in [5.41, 5.74) is 0. The molecule has 0 aromatic heterocycles. The van der Waals surface area contributed by atoms with Crippen LogP contribution in [0.4, 0.5) is 0 Å². The van der Waals surface area contributed by atoms with Crippen LogP contribution in [0.25, 0.3) is 0 Å². The third-order valence-corrected chi connectivity index (χ3v) is 3.63. The van der Waals surface area contributed by atoms with E-state index in [0.29, 0.717) is 0 Å². The molecule has 0 aromatic rings. The van der Waals surface area contributed by atoms with Gasteiger partial charge in [-0.05, 0) is 0 Å².